The fourth-order valence-electron chi connectivity index (χ4n) is 7.41. The zero-order chi connectivity index (χ0) is 21.1. The van der Waals surface area contributed by atoms with Crippen LogP contribution < -0.4 is 4.74 Å². The number of hydrogen-bond acceptors (Lipinski definition) is 4. The van der Waals surface area contributed by atoms with E-state index < -0.39 is 0 Å². The summed E-state index contributed by atoms with van der Waals surface area (Å²) < 4.78 is 5.45. The Labute approximate surface area is 180 Å². The smallest absolute Gasteiger partial charge is 0.157 e. The second kappa shape index (κ2) is 6.96. The van der Waals surface area contributed by atoms with Gasteiger partial charge in [-0.2, -0.15) is 0 Å². The topological polar surface area (TPSA) is 42.4 Å². The first-order valence-electron chi connectivity index (χ1n) is 11.6. The SMILES string of the molecule is CCN1C[C@@H]2[C@H](CC[C@]3(C)C(c4cncc(OC)c4)=CC[C@@H]23)[C@@]2(C)CCC(=O)C=C12. The lowest BCUT2D eigenvalue weighted by Crippen LogP contribution is -2.57. The van der Waals surface area contributed by atoms with Gasteiger partial charge in [0.2, 0.25) is 0 Å². The number of methoxy groups -OCH3 is 1. The molecule has 3 aliphatic carbocycles. The third-order valence-electron chi connectivity index (χ3n) is 9.02. The summed E-state index contributed by atoms with van der Waals surface area (Å²) in [7, 11) is 1.71. The van der Waals surface area contributed by atoms with Crippen molar-refractivity contribution in [2.75, 3.05) is 20.2 Å². The molecule has 4 aliphatic rings. The molecule has 5 rings (SSSR count). The van der Waals surface area contributed by atoms with E-state index in [9.17, 15) is 4.79 Å². The summed E-state index contributed by atoms with van der Waals surface area (Å²) in [6, 6.07) is 2.15. The number of nitrogens with zero attached hydrogens (tertiary/aromatic N) is 2. The number of pyridine rings is 1. The van der Waals surface area contributed by atoms with Crippen LogP contribution in [0.4, 0.5) is 0 Å². The Morgan fingerprint density at radius 1 is 1.20 bits per heavy atom. The van der Waals surface area contributed by atoms with Crippen molar-refractivity contribution in [3.8, 4) is 5.75 Å². The normalized spacial score (nSPS) is 37.7. The number of aromatic nitrogens is 1. The number of likely N-dealkylation sites (tertiary alicyclic amines) is 1. The van der Waals surface area contributed by atoms with Gasteiger partial charge >= 0.3 is 0 Å². The monoisotopic (exact) mass is 406 g/mol. The third-order valence-corrected chi connectivity index (χ3v) is 9.02. The van der Waals surface area contributed by atoms with Crippen LogP contribution in [0.5, 0.6) is 5.75 Å². The van der Waals surface area contributed by atoms with Gasteiger partial charge in [0.1, 0.15) is 5.75 Å². The Morgan fingerprint density at radius 2 is 2.03 bits per heavy atom. The van der Waals surface area contributed by atoms with Crippen molar-refractivity contribution >= 4 is 11.4 Å². The zero-order valence-corrected chi connectivity index (χ0v) is 18.8. The Balaban J connectivity index is 1.50. The number of fused-ring (bicyclic) bond motifs is 5. The van der Waals surface area contributed by atoms with Gasteiger partial charge in [-0.25, -0.2) is 0 Å². The molecule has 0 spiro atoms. The van der Waals surface area contributed by atoms with Gasteiger partial charge in [-0.1, -0.05) is 19.9 Å². The van der Waals surface area contributed by atoms with Gasteiger partial charge in [-0.05, 0) is 73.0 Å². The molecule has 0 radical (unpaired) electrons. The molecule has 0 unspecified atom stereocenters. The molecule has 30 heavy (non-hydrogen) atoms. The lowest BCUT2D eigenvalue weighted by atomic mass is 9.49. The molecule has 1 saturated carbocycles. The molecule has 160 valence electrons. The average molecular weight is 407 g/mol. The second-order valence-electron chi connectivity index (χ2n) is 10.3. The molecule has 4 nitrogen and oxygen atoms in total. The van der Waals surface area contributed by atoms with Crippen LogP contribution in [-0.2, 0) is 4.79 Å². The fraction of sp³-hybridized carbons (Fsp3) is 0.615. The molecule has 2 heterocycles. The van der Waals surface area contributed by atoms with Gasteiger partial charge in [-0.3, -0.25) is 9.78 Å². The molecule has 4 heteroatoms. The minimum absolute atomic E-state index is 0.147. The fourth-order valence-corrected chi connectivity index (χ4v) is 7.41. The van der Waals surface area contributed by atoms with E-state index in [-0.39, 0.29) is 10.8 Å². The van der Waals surface area contributed by atoms with Crippen molar-refractivity contribution in [1.29, 1.82) is 0 Å². The predicted molar refractivity (Wildman–Crippen MR) is 119 cm³/mol. The molecule has 0 N–H and O–H groups in total. The average Bonchev–Trinajstić information content (AvgIpc) is 3.11. The van der Waals surface area contributed by atoms with Gasteiger partial charge in [0, 0.05) is 42.9 Å². The Hall–Kier alpha value is -2.10. The van der Waals surface area contributed by atoms with Crippen LogP contribution in [0.3, 0.4) is 0 Å². The molecular weight excluding hydrogens is 372 g/mol. The van der Waals surface area contributed by atoms with Crippen molar-refractivity contribution in [1.82, 2.24) is 9.88 Å². The van der Waals surface area contributed by atoms with Crippen molar-refractivity contribution in [3.63, 3.8) is 0 Å². The van der Waals surface area contributed by atoms with E-state index in [1.807, 2.05) is 12.3 Å². The summed E-state index contributed by atoms with van der Waals surface area (Å²) in [4.78, 5) is 19.2. The number of carbonyl (C=O) groups is 1. The minimum Gasteiger partial charge on any atom is -0.495 e. The largest absolute Gasteiger partial charge is 0.495 e. The van der Waals surface area contributed by atoms with E-state index in [1.54, 1.807) is 13.3 Å². The minimum atomic E-state index is 0.147. The summed E-state index contributed by atoms with van der Waals surface area (Å²) in [5, 5.41) is 0. The maximum Gasteiger partial charge on any atom is 0.157 e. The maximum absolute atomic E-state index is 12.2. The molecular formula is C26H34N2O2. The molecule has 5 atom stereocenters. The quantitative estimate of drug-likeness (QED) is 0.699. The second-order valence-corrected chi connectivity index (χ2v) is 10.3. The lowest BCUT2D eigenvalue weighted by molar-refractivity contribution is -0.118. The van der Waals surface area contributed by atoms with E-state index in [0.29, 0.717) is 30.0 Å². The number of allylic oxidation sites excluding steroid dienone is 4. The van der Waals surface area contributed by atoms with Crippen LogP contribution in [-0.4, -0.2) is 35.9 Å². The number of hydrogen-bond donors (Lipinski definition) is 0. The van der Waals surface area contributed by atoms with E-state index >= 15 is 0 Å². The molecule has 1 aromatic heterocycles. The van der Waals surface area contributed by atoms with Gasteiger partial charge < -0.3 is 9.64 Å². The van der Waals surface area contributed by atoms with E-state index in [0.717, 1.165) is 31.7 Å². The van der Waals surface area contributed by atoms with E-state index in [1.165, 1.54) is 29.7 Å². The molecule has 1 aliphatic heterocycles. The van der Waals surface area contributed by atoms with Gasteiger partial charge in [0.15, 0.2) is 5.78 Å². The van der Waals surface area contributed by atoms with Crippen molar-refractivity contribution in [3.05, 3.63) is 41.9 Å². The summed E-state index contributed by atoms with van der Waals surface area (Å²) in [5.74, 6) is 3.15. The lowest BCUT2D eigenvalue weighted by Gasteiger charge is -2.60. The standard InChI is InChI=1S/C26H34N2O2/c1-5-28-16-20-22-7-6-21(17-12-19(30-4)15-27-14-17)25(22,2)11-9-23(20)26(3)10-8-18(29)13-24(26)28/h6,12-15,20,22-23H,5,7-11,16H2,1-4H3/t20-,22-,23-,25+,26+/m0/s1. The van der Waals surface area contributed by atoms with Gasteiger partial charge in [-0.15, -0.1) is 0 Å². The summed E-state index contributed by atoms with van der Waals surface area (Å²) in [5.41, 5.74) is 4.35. The summed E-state index contributed by atoms with van der Waals surface area (Å²) >= 11 is 0. The van der Waals surface area contributed by atoms with Crippen LogP contribution in [0, 0.1) is 28.6 Å². The Morgan fingerprint density at radius 3 is 2.80 bits per heavy atom. The van der Waals surface area contributed by atoms with E-state index in [2.05, 4.69) is 42.8 Å². The van der Waals surface area contributed by atoms with Crippen LogP contribution in [0.2, 0.25) is 0 Å². The Bertz CT molecular complexity index is 935. The van der Waals surface area contributed by atoms with Crippen molar-refractivity contribution in [2.24, 2.45) is 28.6 Å². The number of ketones is 1. The van der Waals surface area contributed by atoms with E-state index in [4.69, 9.17) is 4.74 Å². The number of rotatable bonds is 3. The van der Waals surface area contributed by atoms with Crippen molar-refractivity contribution in [2.45, 2.75) is 52.9 Å². The zero-order valence-electron chi connectivity index (χ0n) is 18.8. The number of ether oxygens (including phenoxy) is 1. The van der Waals surface area contributed by atoms with Crippen LogP contribution in [0.15, 0.2) is 36.3 Å². The first kappa shape index (κ1) is 19.8. The van der Waals surface area contributed by atoms with Crippen LogP contribution >= 0.6 is 0 Å². The summed E-state index contributed by atoms with van der Waals surface area (Å²) in [6.45, 7) is 9.25. The summed E-state index contributed by atoms with van der Waals surface area (Å²) in [6.07, 6.45) is 13.6. The third kappa shape index (κ3) is 2.72. The maximum atomic E-state index is 12.2. The van der Waals surface area contributed by atoms with Crippen molar-refractivity contribution < 1.29 is 9.53 Å². The van der Waals surface area contributed by atoms with Gasteiger partial charge in [0.25, 0.3) is 0 Å². The van der Waals surface area contributed by atoms with Crippen LogP contribution in [0.25, 0.3) is 5.57 Å². The van der Waals surface area contributed by atoms with Gasteiger partial charge in [0.05, 0.1) is 13.3 Å². The molecule has 2 fully saturated rings. The highest BCUT2D eigenvalue weighted by Gasteiger charge is 2.58. The highest BCUT2D eigenvalue weighted by atomic mass is 16.5. The highest BCUT2D eigenvalue weighted by Crippen LogP contribution is 2.65. The number of carbonyl (C=O) groups excluding carboxylic acids is 1. The highest BCUT2D eigenvalue weighted by molar-refractivity contribution is 5.91. The molecule has 0 bridgehead atoms. The molecule has 1 saturated heterocycles. The van der Waals surface area contributed by atoms with Crippen LogP contribution in [0.1, 0.15) is 58.4 Å². The first-order chi connectivity index (χ1) is 14.4. The molecule has 1 aromatic rings. The number of piperidine rings is 1. The Kier molecular flexibility index (Phi) is 4.61. The molecule has 0 amide bonds. The first-order valence-corrected chi connectivity index (χ1v) is 11.6. The predicted octanol–water partition coefficient (Wildman–Crippen LogP) is 5.11. The molecule has 0 aromatic carbocycles.